The van der Waals surface area contributed by atoms with Crippen molar-refractivity contribution >= 4 is 34.1 Å². The fourth-order valence-electron chi connectivity index (χ4n) is 2.02. The predicted octanol–water partition coefficient (Wildman–Crippen LogP) is 2.99. The van der Waals surface area contributed by atoms with E-state index in [2.05, 4.69) is 15.7 Å². The van der Waals surface area contributed by atoms with Crippen LogP contribution < -0.4 is 15.5 Å². The molecule has 3 aromatic rings. The monoisotopic (exact) mass is 298 g/mol. The van der Waals surface area contributed by atoms with E-state index in [1.807, 2.05) is 48.5 Å². The number of methoxy groups -OCH3 is 1. The molecule has 0 amide bonds. The maximum absolute atomic E-state index is 5.31. The van der Waals surface area contributed by atoms with Gasteiger partial charge in [-0.1, -0.05) is 18.2 Å². The molecule has 6 heteroatoms. The Balaban J connectivity index is 1.74. The first-order valence-corrected chi connectivity index (χ1v) is 6.81. The maximum Gasteiger partial charge on any atom is 0.190 e. The molecule has 0 aliphatic rings. The standard InChI is InChI=1S/C15H14N4OS/c1-20-12-6-4-5-11(9-12)17-15(21)18-19-10-16-13-7-2-3-8-14(13)19/h2-10H,1H3,(H2,17,18,21). The van der Waals surface area contributed by atoms with E-state index in [1.165, 1.54) is 0 Å². The summed E-state index contributed by atoms with van der Waals surface area (Å²) in [5, 5.41) is 3.59. The Kier molecular flexibility index (Phi) is 3.70. The molecule has 5 nitrogen and oxygen atoms in total. The van der Waals surface area contributed by atoms with E-state index < -0.39 is 0 Å². The molecule has 0 saturated heterocycles. The van der Waals surface area contributed by atoms with Crippen LogP contribution in [0.3, 0.4) is 0 Å². The van der Waals surface area contributed by atoms with Gasteiger partial charge >= 0.3 is 0 Å². The first-order valence-electron chi connectivity index (χ1n) is 6.40. The molecule has 0 radical (unpaired) electrons. The van der Waals surface area contributed by atoms with Gasteiger partial charge in [-0.25, -0.2) is 9.66 Å². The highest BCUT2D eigenvalue weighted by Gasteiger charge is 2.04. The van der Waals surface area contributed by atoms with Crippen LogP contribution in [0.15, 0.2) is 54.9 Å². The molecule has 0 aliphatic heterocycles. The molecule has 0 bridgehead atoms. The lowest BCUT2D eigenvalue weighted by atomic mass is 10.3. The molecule has 1 heterocycles. The topological polar surface area (TPSA) is 51.1 Å². The second kappa shape index (κ2) is 5.80. The zero-order valence-corrected chi connectivity index (χ0v) is 12.2. The van der Waals surface area contributed by atoms with E-state index in [0.29, 0.717) is 5.11 Å². The van der Waals surface area contributed by atoms with Crippen LogP contribution in [0, 0.1) is 0 Å². The van der Waals surface area contributed by atoms with E-state index in [-0.39, 0.29) is 0 Å². The second-order valence-corrected chi connectivity index (χ2v) is 4.81. The summed E-state index contributed by atoms with van der Waals surface area (Å²) in [7, 11) is 1.63. The van der Waals surface area contributed by atoms with E-state index in [9.17, 15) is 0 Å². The van der Waals surface area contributed by atoms with E-state index in [4.69, 9.17) is 17.0 Å². The number of nitrogens with one attached hydrogen (secondary N) is 2. The van der Waals surface area contributed by atoms with Crippen molar-refractivity contribution < 1.29 is 4.74 Å². The van der Waals surface area contributed by atoms with Crippen molar-refractivity contribution in [3.63, 3.8) is 0 Å². The largest absolute Gasteiger partial charge is 0.497 e. The summed E-state index contributed by atoms with van der Waals surface area (Å²) < 4.78 is 6.96. The number of anilines is 1. The molecule has 0 atom stereocenters. The van der Waals surface area contributed by atoms with Crippen molar-refractivity contribution in [1.29, 1.82) is 0 Å². The highest BCUT2D eigenvalue weighted by molar-refractivity contribution is 7.80. The molecule has 0 saturated carbocycles. The minimum atomic E-state index is 0.478. The van der Waals surface area contributed by atoms with Crippen LogP contribution in [0.5, 0.6) is 5.75 Å². The number of hydrogen-bond acceptors (Lipinski definition) is 3. The number of fused-ring (bicyclic) bond motifs is 1. The van der Waals surface area contributed by atoms with Gasteiger partial charge in [0.1, 0.15) is 12.1 Å². The SMILES string of the molecule is COc1cccc(NC(=S)Nn2cnc3ccccc32)c1. The third-order valence-electron chi connectivity index (χ3n) is 3.00. The number of benzene rings is 2. The molecule has 1 aromatic heterocycles. The molecular weight excluding hydrogens is 284 g/mol. The van der Waals surface area contributed by atoms with Crippen molar-refractivity contribution in [2.75, 3.05) is 17.9 Å². The van der Waals surface area contributed by atoms with Gasteiger partial charge in [-0.15, -0.1) is 0 Å². The normalized spacial score (nSPS) is 10.3. The van der Waals surface area contributed by atoms with Crippen molar-refractivity contribution in [2.45, 2.75) is 0 Å². The lowest BCUT2D eigenvalue weighted by Gasteiger charge is -2.12. The Hall–Kier alpha value is -2.60. The second-order valence-electron chi connectivity index (χ2n) is 4.40. The number of thiocarbonyl (C=S) groups is 1. The quantitative estimate of drug-likeness (QED) is 0.728. The highest BCUT2D eigenvalue weighted by Crippen LogP contribution is 2.16. The Morgan fingerprint density at radius 3 is 2.90 bits per heavy atom. The summed E-state index contributed by atoms with van der Waals surface area (Å²) in [6.45, 7) is 0. The summed E-state index contributed by atoms with van der Waals surface area (Å²) in [6, 6.07) is 15.4. The summed E-state index contributed by atoms with van der Waals surface area (Å²) in [5.41, 5.74) is 5.82. The van der Waals surface area contributed by atoms with E-state index in [1.54, 1.807) is 18.1 Å². The van der Waals surface area contributed by atoms with Crippen LogP contribution >= 0.6 is 12.2 Å². The third-order valence-corrected chi connectivity index (χ3v) is 3.20. The molecule has 0 spiro atoms. The zero-order valence-electron chi connectivity index (χ0n) is 11.4. The molecule has 21 heavy (non-hydrogen) atoms. The van der Waals surface area contributed by atoms with Gasteiger partial charge < -0.3 is 10.1 Å². The van der Waals surface area contributed by atoms with Gasteiger partial charge in [0.2, 0.25) is 0 Å². The molecule has 106 valence electrons. The van der Waals surface area contributed by atoms with Gasteiger partial charge in [0.25, 0.3) is 0 Å². The average Bonchev–Trinajstić information content (AvgIpc) is 2.91. The molecule has 2 aromatic carbocycles. The molecule has 2 N–H and O–H groups in total. The molecular formula is C15H14N4OS. The molecule has 3 rings (SSSR count). The van der Waals surface area contributed by atoms with Gasteiger partial charge in [0.15, 0.2) is 5.11 Å². The average molecular weight is 298 g/mol. The van der Waals surface area contributed by atoms with E-state index >= 15 is 0 Å². The minimum Gasteiger partial charge on any atom is -0.497 e. The molecule has 0 fully saturated rings. The van der Waals surface area contributed by atoms with Crippen LogP contribution in [-0.4, -0.2) is 21.9 Å². The van der Waals surface area contributed by atoms with Gasteiger partial charge in [0, 0.05) is 11.8 Å². The van der Waals surface area contributed by atoms with Crippen molar-refractivity contribution in [1.82, 2.24) is 9.66 Å². The van der Waals surface area contributed by atoms with Crippen molar-refractivity contribution in [3.8, 4) is 5.75 Å². The number of ether oxygens (including phenoxy) is 1. The number of para-hydroxylation sites is 2. The Morgan fingerprint density at radius 2 is 2.05 bits per heavy atom. The van der Waals surface area contributed by atoms with Crippen LogP contribution in [0.1, 0.15) is 0 Å². The van der Waals surface area contributed by atoms with Gasteiger partial charge in [-0.2, -0.15) is 0 Å². The molecule has 0 aliphatic carbocycles. The third kappa shape index (κ3) is 2.95. The maximum atomic E-state index is 5.31. The lowest BCUT2D eigenvalue weighted by molar-refractivity contribution is 0.415. The first-order chi connectivity index (χ1) is 10.3. The number of aromatic nitrogens is 2. The fraction of sp³-hybridized carbons (Fsp3) is 0.0667. The summed E-state index contributed by atoms with van der Waals surface area (Å²) >= 11 is 5.31. The summed E-state index contributed by atoms with van der Waals surface area (Å²) in [5.74, 6) is 0.774. The van der Waals surface area contributed by atoms with Crippen LogP contribution in [0.4, 0.5) is 5.69 Å². The minimum absolute atomic E-state index is 0.478. The van der Waals surface area contributed by atoms with Gasteiger partial charge in [0.05, 0.1) is 18.1 Å². The number of imidazole rings is 1. The fourth-order valence-corrected chi connectivity index (χ4v) is 2.23. The lowest BCUT2D eigenvalue weighted by Crippen LogP contribution is -2.26. The number of rotatable bonds is 3. The first kappa shape index (κ1) is 13.4. The summed E-state index contributed by atoms with van der Waals surface area (Å²) in [6.07, 6.45) is 1.70. The smallest absolute Gasteiger partial charge is 0.190 e. The van der Waals surface area contributed by atoms with Crippen LogP contribution in [0.2, 0.25) is 0 Å². The molecule has 0 unspecified atom stereocenters. The van der Waals surface area contributed by atoms with E-state index in [0.717, 1.165) is 22.5 Å². The number of hydrogen-bond donors (Lipinski definition) is 2. The van der Waals surface area contributed by atoms with Gasteiger partial charge in [-0.3, -0.25) is 5.43 Å². The van der Waals surface area contributed by atoms with Crippen LogP contribution in [0.25, 0.3) is 11.0 Å². The zero-order chi connectivity index (χ0) is 14.7. The Bertz CT molecular complexity index is 784. The van der Waals surface area contributed by atoms with Gasteiger partial charge in [-0.05, 0) is 36.5 Å². The predicted molar refractivity (Wildman–Crippen MR) is 88.3 cm³/mol. The summed E-state index contributed by atoms with van der Waals surface area (Å²) in [4.78, 5) is 4.30. The highest BCUT2D eigenvalue weighted by atomic mass is 32.1. The van der Waals surface area contributed by atoms with Crippen LogP contribution in [-0.2, 0) is 0 Å². The number of nitrogens with zero attached hydrogens (tertiary/aromatic N) is 2. The Labute approximate surface area is 127 Å². The Morgan fingerprint density at radius 1 is 1.19 bits per heavy atom. The van der Waals surface area contributed by atoms with Crippen molar-refractivity contribution in [2.24, 2.45) is 0 Å². The van der Waals surface area contributed by atoms with Crippen molar-refractivity contribution in [3.05, 3.63) is 54.9 Å².